The Bertz CT molecular complexity index is 522. The number of hydrogen-bond acceptors (Lipinski definition) is 3. The molecule has 2 fully saturated rings. The van der Waals surface area contributed by atoms with Gasteiger partial charge in [0.1, 0.15) is 5.82 Å². The van der Waals surface area contributed by atoms with Gasteiger partial charge in [-0.3, -0.25) is 5.32 Å². The molecule has 0 radical (unpaired) electrons. The van der Waals surface area contributed by atoms with E-state index in [1.807, 2.05) is 31.1 Å². The fourth-order valence-corrected chi connectivity index (χ4v) is 3.96. The Hall–Kier alpha value is -1.78. The van der Waals surface area contributed by atoms with Crippen molar-refractivity contribution in [2.24, 2.45) is 5.92 Å². The van der Waals surface area contributed by atoms with Crippen LogP contribution in [0.25, 0.3) is 0 Å². The molecule has 2 heterocycles. The van der Waals surface area contributed by atoms with Crippen LogP contribution >= 0.6 is 0 Å². The molecule has 1 saturated heterocycles. The summed E-state index contributed by atoms with van der Waals surface area (Å²) in [6.07, 6.45) is 10.6. The second-order valence-electron chi connectivity index (χ2n) is 7.03. The first kappa shape index (κ1) is 16.1. The van der Waals surface area contributed by atoms with Gasteiger partial charge in [0.05, 0.1) is 11.9 Å². The molecule has 1 atom stereocenters. The third-order valence-corrected chi connectivity index (χ3v) is 5.25. The lowest BCUT2D eigenvalue weighted by molar-refractivity contribution is 0.166. The Morgan fingerprint density at radius 2 is 1.96 bits per heavy atom. The first-order valence-electron chi connectivity index (χ1n) is 8.86. The van der Waals surface area contributed by atoms with Crippen molar-refractivity contribution < 1.29 is 4.79 Å². The van der Waals surface area contributed by atoms with E-state index in [1.54, 1.807) is 6.20 Å². The summed E-state index contributed by atoms with van der Waals surface area (Å²) in [6.45, 7) is 0.878. The van der Waals surface area contributed by atoms with E-state index in [2.05, 4.69) is 15.2 Å². The standard InChI is InChI=1S/C18H28N4O/c1-21(2)15-10-11-17(19-13-15)20-18(23)22-12-6-9-16(22)14-7-4-3-5-8-14/h10-11,13-14,16H,3-9,12H2,1-2H3,(H,19,20,23)/t16-/m0/s1. The van der Waals surface area contributed by atoms with Gasteiger partial charge in [0.15, 0.2) is 0 Å². The van der Waals surface area contributed by atoms with E-state index in [0.29, 0.717) is 17.8 Å². The Kier molecular flexibility index (Phi) is 5.03. The van der Waals surface area contributed by atoms with Crippen molar-refractivity contribution in [1.29, 1.82) is 0 Å². The smallest absolute Gasteiger partial charge is 0.323 e. The number of urea groups is 1. The van der Waals surface area contributed by atoms with E-state index in [-0.39, 0.29) is 6.03 Å². The molecule has 1 aliphatic heterocycles. The summed E-state index contributed by atoms with van der Waals surface area (Å²) in [5.74, 6) is 1.33. The van der Waals surface area contributed by atoms with Crippen molar-refractivity contribution in [2.45, 2.75) is 51.0 Å². The SMILES string of the molecule is CN(C)c1ccc(NC(=O)N2CCC[C@H]2C2CCCCC2)nc1. The van der Waals surface area contributed by atoms with Crippen LogP contribution in [0, 0.1) is 5.92 Å². The number of anilines is 2. The van der Waals surface area contributed by atoms with Crippen LogP contribution in [0.4, 0.5) is 16.3 Å². The maximum Gasteiger partial charge on any atom is 0.323 e. The molecule has 0 aromatic carbocycles. The van der Waals surface area contributed by atoms with Crippen LogP contribution in [0.5, 0.6) is 0 Å². The topological polar surface area (TPSA) is 48.5 Å². The lowest BCUT2D eigenvalue weighted by Gasteiger charge is -2.34. The van der Waals surface area contributed by atoms with Gasteiger partial charge in [-0.15, -0.1) is 0 Å². The summed E-state index contributed by atoms with van der Waals surface area (Å²) >= 11 is 0. The molecule has 0 spiro atoms. The van der Waals surface area contributed by atoms with Gasteiger partial charge in [-0.2, -0.15) is 0 Å². The molecule has 1 saturated carbocycles. The third-order valence-electron chi connectivity index (χ3n) is 5.25. The molecule has 126 valence electrons. The average molecular weight is 316 g/mol. The maximum atomic E-state index is 12.7. The van der Waals surface area contributed by atoms with Crippen LogP contribution in [0.3, 0.4) is 0 Å². The van der Waals surface area contributed by atoms with Crippen LogP contribution in [-0.4, -0.2) is 42.6 Å². The predicted molar refractivity (Wildman–Crippen MR) is 93.9 cm³/mol. The number of rotatable bonds is 3. The molecule has 2 aliphatic rings. The molecule has 23 heavy (non-hydrogen) atoms. The molecule has 3 rings (SSSR count). The summed E-state index contributed by atoms with van der Waals surface area (Å²) < 4.78 is 0. The molecule has 1 aliphatic carbocycles. The van der Waals surface area contributed by atoms with Crippen LogP contribution in [0.15, 0.2) is 18.3 Å². The minimum Gasteiger partial charge on any atom is -0.376 e. The average Bonchev–Trinajstić information content (AvgIpc) is 3.06. The Morgan fingerprint density at radius 1 is 1.17 bits per heavy atom. The zero-order chi connectivity index (χ0) is 16.2. The summed E-state index contributed by atoms with van der Waals surface area (Å²) in [6, 6.07) is 4.30. The van der Waals surface area contributed by atoms with E-state index in [1.165, 1.54) is 32.1 Å². The van der Waals surface area contributed by atoms with Gasteiger partial charge in [0, 0.05) is 26.7 Å². The molecule has 5 heteroatoms. The lowest BCUT2D eigenvalue weighted by atomic mass is 9.83. The predicted octanol–water partition coefficient (Wildman–Crippen LogP) is 3.72. The van der Waals surface area contributed by atoms with Gasteiger partial charge in [-0.25, -0.2) is 9.78 Å². The van der Waals surface area contributed by atoms with Gasteiger partial charge in [-0.1, -0.05) is 19.3 Å². The number of pyridine rings is 1. The first-order chi connectivity index (χ1) is 11.1. The number of amides is 2. The molecule has 2 amide bonds. The van der Waals surface area contributed by atoms with Gasteiger partial charge >= 0.3 is 6.03 Å². The fraction of sp³-hybridized carbons (Fsp3) is 0.667. The van der Waals surface area contributed by atoms with Gasteiger partial charge < -0.3 is 9.80 Å². The maximum absolute atomic E-state index is 12.7. The molecular weight excluding hydrogens is 288 g/mol. The quantitative estimate of drug-likeness (QED) is 0.924. The highest BCUT2D eigenvalue weighted by Crippen LogP contribution is 2.34. The highest BCUT2D eigenvalue weighted by atomic mass is 16.2. The van der Waals surface area contributed by atoms with E-state index >= 15 is 0 Å². The van der Waals surface area contributed by atoms with Crippen molar-refractivity contribution in [2.75, 3.05) is 30.9 Å². The van der Waals surface area contributed by atoms with Crippen LogP contribution < -0.4 is 10.2 Å². The van der Waals surface area contributed by atoms with E-state index in [0.717, 1.165) is 25.1 Å². The number of likely N-dealkylation sites (tertiary alicyclic amines) is 1. The lowest BCUT2D eigenvalue weighted by Crippen LogP contribution is -2.43. The van der Waals surface area contributed by atoms with Crippen LogP contribution in [-0.2, 0) is 0 Å². The fourth-order valence-electron chi connectivity index (χ4n) is 3.96. The van der Waals surface area contributed by atoms with Gasteiger partial charge in [0.2, 0.25) is 0 Å². The second kappa shape index (κ2) is 7.20. The Labute approximate surface area is 139 Å². The van der Waals surface area contributed by atoms with Crippen molar-refractivity contribution >= 4 is 17.5 Å². The molecule has 1 aromatic rings. The number of nitrogens with zero attached hydrogens (tertiary/aromatic N) is 3. The number of hydrogen-bond donors (Lipinski definition) is 1. The monoisotopic (exact) mass is 316 g/mol. The third kappa shape index (κ3) is 3.77. The highest BCUT2D eigenvalue weighted by molar-refractivity contribution is 5.88. The van der Waals surface area contributed by atoms with Gasteiger partial charge in [0.25, 0.3) is 0 Å². The Morgan fingerprint density at radius 3 is 2.61 bits per heavy atom. The molecule has 0 bridgehead atoms. The summed E-state index contributed by atoms with van der Waals surface area (Å²) in [5.41, 5.74) is 1.03. The largest absolute Gasteiger partial charge is 0.376 e. The van der Waals surface area contributed by atoms with Crippen molar-refractivity contribution in [3.8, 4) is 0 Å². The zero-order valence-corrected chi connectivity index (χ0v) is 14.3. The molecule has 1 N–H and O–H groups in total. The summed E-state index contributed by atoms with van der Waals surface area (Å²) in [4.78, 5) is 21.1. The zero-order valence-electron chi connectivity index (χ0n) is 14.3. The number of aromatic nitrogens is 1. The Balaban J connectivity index is 1.62. The van der Waals surface area contributed by atoms with Gasteiger partial charge in [-0.05, 0) is 43.7 Å². The van der Waals surface area contributed by atoms with Crippen molar-refractivity contribution in [3.05, 3.63) is 18.3 Å². The van der Waals surface area contributed by atoms with Crippen molar-refractivity contribution in [3.63, 3.8) is 0 Å². The van der Waals surface area contributed by atoms with Crippen LogP contribution in [0.2, 0.25) is 0 Å². The first-order valence-corrected chi connectivity index (χ1v) is 8.86. The van der Waals surface area contributed by atoms with E-state index < -0.39 is 0 Å². The molecule has 0 unspecified atom stereocenters. The summed E-state index contributed by atoms with van der Waals surface area (Å²) in [5, 5.41) is 2.98. The number of carbonyl (C=O) groups excluding carboxylic acids is 1. The second-order valence-corrected chi connectivity index (χ2v) is 7.03. The van der Waals surface area contributed by atoms with E-state index in [9.17, 15) is 4.79 Å². The van der Waals surface area contributed by atoms with Crippen LogP contribution in [0.1, 0.15) is 44.9 Å². The van der Waals surface area contributed by atoms with Crippen molar-refractivity contribution in [1.82, 2.24) is 9.88 Å². The molecule has 5 nitrogen and oxygen atoms in total. The minimum atomic E-state index is 0.0168. The normalized spacial score (nSPS) is 22.2. The molecule has 1 aromatic heterocycles. The summed E-state index contributed by atoms with van der Waals surface area (Å²) in [7, 11) is 3.96. The highest BCUT2D eigenvalue weighted by Gasteiger charge is 2.35. The van der Waals surface area contributed by atoms with E-state index in [4.69, 9.17) is 0 Å². The molecular formula is C18H28N4O. The number of nitrogens with one attached hydrogen (secondary N) is 1. The number of carbonyl (C=O) groups is 1. The minimum absolute atomic E-state index is 0.0168.